The summed E-state index contributed by atoms with van der Waals surface area (Å²) in [5.74, 6) is 0.233. The summed E-state index contributed by atoms with van der Waals surface area (Å²) >= 11 is 1.36. The molecule has 2 aromatic heterocycles. The summed E-state index contributed by atoms with van der Waals surface area (Å²) < 4.78 is 39.6. The van der Waals surface area contributed by atoms with Gasteiger partial charge in [0.2, 0.25) is 10.0 Å². The first-order valence-electron chi connectivity index (χ1n) is 11.5. The van der Waals surface area contributed by atoms with E-state index in [1.165, 1.54) is 39.9 Å². The van der Waals surface area contributed by atoms with Gasteiger partial charge in [0.1, 0.15) is 18.0 Å². The molecule has 0 unspecified atom stereocenters. The molecule has 12 heteroatoms. The van der Waals surface area contributed by atoms with Crippen molar-refractivity contribution in [2.45, 2.75) is 18.4 Å². The number of thiazole rings is 1. The zero-order chi connectivity index (χ0) is 26.2. The number of aryl methyl sites for hydroxylation is 1. The van der Waals surface area contributed by atoms with E-state index in [9.17, 15) is 18.0 Å². The average Bonchev–Trinajstić information content (AvgIpc) is 3.32. The molecule has 1 saturated heterocycles. The maximum Gasteiger partial charge on any atom is 0.294 e. The lowest BCUT2D eigenvalue weighted by Crippen LogP contribution is -2.40. The third kappa shape index (κ3) is 4.92. The number of sulfonamides is 1. The van der Waals surface area contributed by atoms with Crippen molar-refractivity contribution in [2.75, 3.05) is 33.4 Å². The van der Waals surface area contributed by atoms with Gasteiger partial charge in [0, 0.05) is 24.2 Å². The minimum absolute atomic E-state index is 0.0186. The Hall–Kier alpha value is -3.45. The first-order valence-corrected chi connectivity index (χ1v) is 13.8. The molecule has 0 radical (unpaired) electrons. The highest BCUT2D eigenvalue weighted by Gasteiger charge is 2.27. The van der Waals surface area contributed by atoms with Gasteiger partial charge < -0.3 is 9.47 Å². The molecule has 0 N–H and O–H groups in total. The predicted molar refractivity (Wildman–Crippen MR) is 139 cm³/mol. The van der Waals surface area contributed by atoms with Crippen LogP contribution in [0.15, 0.2) is 58.2 Å². The van der Waals surface area contributed by atoms with Gasteiger partial charge in [0.05, 0.1) is 34.9 Å². The predicted octanol–water partition coefficient (Wildman–Crippen LogP) is 2.74. The molecule has 2 aromatic carbocycles. The van der Waals surface area contributed by atoms with Crippen molar-refractivity contribution < 1.29 is 22.7 Å². The number of fused-ring (bicyclic) bond motifs is 1. The van der Waals surface area contributed by atoms with Crippen LogP contribution in [0.5, 0.6) is 5.75 Å². The number of ketones is 1. The fourth-order valence-corrected chi connectivity index (χ4v) is 6.48. The molecule has 3 heterocycles. The summed E-state index contributed by atoms with van der Waals surface area (Å²) in [4.78, 5) is 30.8. The molecule has 0 saturated carbocycles. The molecule has 0 spiro atoms. The fraction of sp³-hybridized carbons (Fsp3) is 0.280. The molecule has 37 heavy (non-hydrogen) atoms. The first kappa shape index (κ1) is 25.2. The number of rotatable bonds is 7. The molecule has 5 rings (SSSR count). The Morgan fingerprint density at radius 1 is 1.14 bits per heavy atom. The van der Waals surface area contributed by atoms with Crippen LogP contribution in [0.2, 0.25) is 0 Å². The van der Waals surface area contributed by atoms with E-state index in [0.717, 1.165) is 10.2 Å². The number of aromatic nitrogens is 3. The zero-order valence-electron chi connectivity index (χ0n) is 20.2. The Balaban J connectivity index is 1.50. The van der Waals surface area contributed by atoms with Gasteiger partial charge in [-0.25, -0.2) is 18.1 Å². The van der Waals surface area contributed by atoms with Crippen molar-refractivity contribution in [3.05, 3.63) is 69.5 Å². The maximum absolute atomic E-state index is 13.2. The van der Waals surface area contributed by atoms with Gasteiger partial charge in [0.15, 0.2) is 11.3 Å². The Morgan fingerprint density at radius 2 is 1.86 bits per heavy atom. The highest BCUT2D eigenvalue weighted by molar-refractivity contribution is 7.89. The van der Waals surface area contributed by atoms with Gasteiger partial charge in [-0.05, 0) is 43.3 Å². The van der Waals surface area contributed by atoms with E-state index >= 15 is 0 Å². The lowest BCUT2D eigenvalue weighted by atomic mass is 10.1. The molecule has 0 aliphatic carbocycles. The number of Topliss-reactive ketones (excluding diaryl/α,β-unsaturated/α-hetero) is 1. The number of hydrogen-bond acceptors (Lipinski definition) is 9. The Bertz CT molecular complexity index is 1640. The van der Waals surface area contributed by atoms with Crippen LogP contribution < -0.4 is 10.3 Å². The molecule has 0 atom stereocenters. The van der Waals surface area contributed by atoms with Crippen LogP contribution in [0.25, 0.3) is 21.5 Å². The minimum Gasteiger partial charge on any atom is -0.497 e. The molecule has 1 aliphatic heterocycles. The highest BCUT2D eigenvalue weighted by Crippen LogP contribution is 2.30. The summed E-state index contributed by atoms with van der Waals surface area (Å²) in [6, 6.07) is 13.1. The lowest BCUT2D eigenvalue weighted by Gasteiger charge is -2.26. The summed E-state index contributed by atoms with van der Waals surface area (Å²) in [5.41, 5.74) is 1.19. The van der Waals surface area contributed by atoms with E-state index < -0.39 is 21.4 Å². The van der Waals surface area contributed by atoms with Crippen molar-refractivity contribution in [1.82, 2.24) is 19.1 Å². The van der Waals surface area contributed by atoms with E-state index in [0.29, 0.717) is 34.4 Å². The number of ether oxygens (including phenoxy) is 2. The monoisotopic (exact) mass is 540 g/mol. The number of benzene rings is 2. The van der Waals surface area contributed by atoms with Crippen LogP contribution in [0, 0.1) is 6.92 Å². The van der Waals surface area contributed by atoms with E-state index in [1.807, 2.05) is 12.1 Å². The highest BCUT2D eigenvalue weighted by atomic mass is 32.2. The molecule has 1 fully saturated rings. The Kier molecular flexibility index (Phi) is 6.90. The largest absolute Gasteiger partial charge is 0.497 e. The van der Waals surface area contributed by atoms with Crippen LogP contribution in [0.4, 0.5) is 0 Å². The van der Waals surface area contributed by atoms with Crippen LogP contribution in [0.1, 0.15) is 15.4 Å². The summed E-state index contributed by atoms with van der Waals surface area (Å²) in [6.07, 6.45) is 0. The molecular weight excluding hydrogens is 516 g/mol. The van der Waals surface area contributed by atoms with Crippen molar-refractivity contribution >= 4 is 37.4 Å². The molecule has 1 aliphatic rings. The number of carbonyl (C=O) groups excluding carboxylic acids is 1. The van der Waals surface area contributed by atoms with Crippen LogP contribution in [-0.4, -0.2) is 66.7 Å². The first-order chi connectivity index (χ1) is 17.8. The molecule has 192 valence electrons. The van der Waals surface area contributed by atoms with Crippen LogP contribution in [0.3, 0.4) is 0 Å². The molecule has 0 amide bonds. The fourth-order valence-electron chi connectivity index (χ4n) is 4.10. The maximum atomic E-state index is 13.2. The Labute approximate surface area is 217 Å². The topological polar surface area (TPSA) is 121 Å². The van der Waals surface area contributed by atoms with Crippen molar-refractivity contribution in [3.63, 3.8) is 0 Å². The molecule has 10 nitrogen and oxygen atoms in total. The Morgan fingerprint density at radius 3 is 2.57 bits per heavy atom. The third-order valence-electron chi connectivity index (χ3n) is 6.03. The van der Waals surface area contributed by atoms with E-state index in [2.05, 4.69) is 10.1 Å². The average molecular weight is 541 g/mol. The molecular formula is C25H24N4O6S2. The number of morpholine rings is 1. The number of carbonyl (C=O) groups is 1. The standard InChI is InChI=1S/C25H24N4O6S2/c1-16-26-23-24(36-16)22(17-6-8-19(34-2)9-7-17)27-29(25(23)31)15-21(30)18-4-3-5-20(14-18)37(32,33)28-10-12-35-13-11-28/h3-9,14H,10-13,15H2,1-2H3. The summed E-state index contributed by atoms with van der Waals surface area (Å²) in [7, 11) is -2.20. The van der Waals surface area contributed by atoms with Crippen molar-refractivity contribution in [3.8, 4) is 17.0 Å². The second-order valence-electron chi connectivity index (χ2n) is 8.42. The number of methoxy groups -OCH3 is 1. The van der Waals surface area contributed by atoms with E-state index in [-0.39, 0.29) is 35.6 Å². The minimum atomic E-state index is -3.78. The van der Waals surface area contributed by atoms with Gasteiger partial charge in [-0.2, -0.15) is 9.40 Å². The smallest absolute Gasteiger partial charge is 0.294 e. The quantitative estimate of drug-likeness (QED) is 0.328. The van der Waals surface area contributed by atoms with E-state index in [4.69, 9.17) is 9.47 Å². The van der Waals surface area contributed by atoms with Gasteiger partial charge >= 0.3 is 0 Å². The number of nitrogens with zero attached hydrogens (tertiary/aromatic N) is 4. The van der Waals surface area contributed by atoms with Gasteiger partial charge in [-0.15, -0.1) is 11.3 Å². The SMILES string of the molecule is COc1ccc(-c2nn(CC(=O)c3cccc(S(=O)(=O)N4CCOCC4)c3)c(=O)c3nc(C)sc23)cc1. The van der Waals surface area contributed by atoms with Crippen molar-refractivity contribution in [2.24, 2.45) is 0 Å². The van der Waals surface area contributed by atoms with Crippen LogP contribution in [-0.2, 0) is 21.3 Å². The van der Waals surface area contributed by atoms with Gasteiger partial charge in [-0.1, -0.05) is 12.1 Å². The second-order valence-corrected chi connectivity index (χ2v) is 11.6. The molecule has 0 bridgehead atoms. The zero-order valence-corrected chi connectivity index (χ0v) is 21.8. The summed E-state index contributed by atoms with van der Waals surface area (Å²) in [6.45, 7) is 2.58. The number of hydrogen-bond donors (Lipinski definition) is 0. The summed E-state index contributed by atoms with van der Waals surface area (Å²) in [5, 5.41) is 5.22. The molecule has 4 aromatic rings. The van der Waals surface area contributed by atoms with E-state index in [1.54, 1.807) is 26.2 Å². The lowest BCUT2D eigenvalue weighted by molar-refractivity contribution is 0.0730. The van der Waals surface area contributed by atoms with Gasteiger partial charge in [-0.3, -0.25) is 9.59 Å². The van der Waals surface area contributed by atoms with Gasteiger partial charge in [0.25, 0.3) is 5.56 Å². The third-order valence-corrected chi connectivity index (χ3v) is 8.90. The normalized spacial score (nSPS) is 14.6. The second kappa shape index (κ2) is 10.1. The van der Waals surface area contributed by atoms with Crippen molar-refractivity contribution in [1.29, 1.82) is 0 Å². The van der Waals surface area contributed by atoms with Crippen LogP contribution >= 0.6 is 11.3 Å².